The van der Waals surface area contributed by atoms with Gasteiger partial charge in [0, 0.05) is 42.2 Å². The fourth-order valence-corrected chi connectivity index (χ4v) is 5.89. The SMILES string of the molecule is N#CC1(NC(=O)[C@@H]2CCCC[C@H]2c2nn(-c3ccc(F)cc3)cc2-c2ccc(C(=O)N3CCNC(=O)C3)cc2)CC1. The topological polar surface area (TPSA) is 120 Å². The number of carbonyl (C=O) groups is 3. The first kappa shape index (κ1) is 26.7. The third-order valence-electron chi connectivity index (χ3n) is 8.38. The van der Waals surface area contributed by atoms with Crippen LogP contribution in [0.15, 0.2) is 54.7 Å². The van der Waals surface area contributed by atoms with E-state index in [-0.39, 0.29) is 41.9 Å². The Balaban J connectivity index is 1.34. The molecule has 9 nitrogen and oxygen atoms in total. The molecule has 3 fully saturated rings. The average Bonchev–Trinajstić information content (AvgIpc) is 3.63. The lowest BCUT2D eigenvalue weighted by Gasteiger charge is -2.31. The molecule has 3 amide bonds. The molecule has 3 aliphatic rings. The summed E-state index contributed by atoms with van der Waals surface area (Å²) in [6.07, 6.45) is 6.59. The van der Waals surface area contributed by atoms with Crippen molar-refractivity contribution in [3.05, 3.63) is 71.8 Å². The van der Waals surface area contributed by atoms with Crippen LogP contribution in [0.2, 0.25) is 0 Å². The molecule has 0 bridgehead atoms. The molecule has 0 radical (unpaired) electrons. The fraction of sp³-hybridized carbons (Fsp3) is 0.387. The van der Waals surface area contributed by atoms with Crippen molar-refractivity contribution >= 4 is 17.7 Å². The molecule has 6 rings (SSSR count). The Morgan fingerprint density at radius 2 is 1.80 bits per heavy atom. The molecule has 0 unspecified atom stereocenters. The first-order chi connectivity index (χ1) is 19.9. The number of amides is 3. The van der Waals surface area contributed by atoms with Crippen molar-refractivity contribution in [1.82, 2.24) is 25.3 Å². The highest BCUT2D eigenvalue weighted by Crippen LogP contribution is 2.43. The van der Waals surface area contributed by atoms with Crippen molar-refractivity contribution in [2.75, 3.05) is 19.6 Å². The van der Waals surface area contributed by atoms with E-state index in [4.69, 9.17) is 5.10 Å². The third-order valence-corrected chi connectivity index (χ3v) is 8.38. The van der Waals surface area contributed by atoms with Gasteiger partial charge in [-0.1, -0.05) is 25.0 Å². The lowest BCUT2D eigenvalue weighted by Crippen LogP contribution is -2.49. The number of halogens is 1. The lowest BCUT2D eigenvalue weighted by molar-refractivity contribution is -0.127. The third kappa shape index (κ3) is 5.44. The van der Waals surface area contributed by atoms with E-state index in [0.29, 0.717) is 43.6 Å². The zero-order valence-electron chi connectivity index (χ0n) is 22.6. The minimum absolute atomic E-state index is 0.0351. The number of carbonyl (C=O) groups excluding carboxylic acids is 3. The predicted octanol–water partition coefficient (Wildman–Crippen LogP) is 3.70. The van der Waals surface area contributed by atoms with Gasteiger partial charge in [-0.3, -0.25) is 14.4 Å². The van der Waals surface area contributed by atoms with Gasteiger partial charge in [0.15, 0.2) is 0 Å². The minimum atomic E-state index is -0.743. The van der Waals surface area contributed by atoms with E-state index in [0.717, 1.165) is 36.1 Å². The normalized spacial score (nSPS) is 21.5. The second-order valence-electron chi connectivity index (χ2n) is 11.2. The maximum Gasteiger partial charge on any atom is 0.254 e. The molecular weight excluding hydrogens is 523 g/mol. The van der Waals surface area contributed by atoms with Gasteiger partial charge >= 0.3 is 0 Å². The summed E-state index contributed by atoms with van der Waals surface area (Å²) < 4.78 is 15.4. The van der Waals surface area contributed by atoms with Gasteiger partial charge in [-0.2, -0.15) is 10.4 Å². The summed E-state index contributed by atoms with van der Waals surface area (Å²) in [5.74, 6) is -1.32. The maximum atomic E-state index is 13.7. The molecule has 1 aliphatic heterocycles. The summed E-state index contributed by atoms with van der Waals surface area (Å²) in [7, 11) is 0. The van der Waals surface area contributed by atoms with E-state index in [9.17, 15) is 24.0 Å². The first-order valence-corrected chi connectivity index (χ1v) is 14.1. The zero-order chi connectivity index (χ0) is 28.6. The van der Waals surface area contributed by atoms with Crippen LogP contribution >= 0.6 is 0 Å². The molecule has 1 saturated heterocycles. The van der Waals surface area contributed by atoms with E-state index in [2.05, 4.69) is 16.7 Å². The number of hydrogen-bond acceptors (Lipinski definition) is 5. The zero-order valence-corrected chi connectivity index (χ0v) is 22.6. The number of aromatic nitrogens is 2. The average molecular weight is 555 g/mol. The molecule has 41 heavy (non-hydrogen) atoms. The van der Waals surface area contributed by atoms with Gasteiger partial charge in [-0.25, -0.2) is 9.07 Å². The summed E-state index contributed by atoms with van der Waals surface area (Å²) >= 11 is 0. The maximum absolute atomic E-state index is 13.7. The molecule has 0 spiro atoms. The largest absolute Gasteiger partial charge is 0.353 e. The second-order valence-corrected chi connectivity index (χ2v) is 11.2. The van der Waals surface area contributed by atoms with Crippen LogP contribution in [0, 0.1) is 23.1 Å². The van der Waals surface area contributed by atoms with E-state index in [1.807, 2.05) is 18.3 Å². The highest BCUT2D eigenvalue weighted by atomic mass is 19.1. The van der Waals surface area contributed by atoms with Crippen LogP contribution in [0.5, 0.6) is 0 Å². The van der Waals surface area contributed by atoms with Gasteiger partial charge < -0.3 is 15.5 Å². The molecule has 2 atom stereocenters. The number of nitrogens with one attached hydrogen (secondary N) is 2. The Morgan fingerprint density at radius 3 is 2.49 bits per heavy atom. The van der Waals surface area contributed by atoms with Crippen LogP contribution in [-0.2, 0) is 9.59 Å². The van der Waals surface area contributed by atoms with Gasteiger partial charge in [0.1, 0.15) is 11.4 Å². The molecule has 10 heteroatoms. The molecule has 210 valence electrons. The summed E-state index contributed by atoms with van der Waals surface area (Å²) in [4.78, 5) is 39.8. The first-order valence-electron chi connectivity index (χ1n) is 14.1. The van der Waals surface area contributed by atoms with Crippen molar-refractivity contribution in [3.63, 3.8) is 0 Å². The van der Waals surface area contributed by atoms with E-state index in [1.165, 1.54) is 17.0 Å². The van der Waals surface area contributed by atoms with Gasteiger partial charge in [-0.15, -0.1) is 0 Å². The quantitative estimate of drug-likeness (QED) is 0.482. The molecule has 2 heterocycles. The Hall–Kier alpha value is -4.52. The number of nitriles is 1. The monoisotopic (exact) mass is 554 g/mol. The van der Waals surface area contributed by atoms with Gasteiger partial charge in [0.05, 0.1) is 24.0 Å². The highest BCUT2D eigenvalue weighted by Gasteiger charge is 2.47. The number of nitrogens with zero attached hydrogens (tertiary/aromatic N) is 4. The molecule has 2 aromatic carbocycles. The van der Waals surface area contributed by atoms with Crippen molar-refractivity contribution in [3.8, 4) is 22.9 Å². The predicted molar refractivity (Wildman–Crippen MR) is 148 cm³/mol. The van der Waals surface area contributed by atoms with Crippen LogP contribution in [0.25, 0.3) is 16.8 Å². The van der Waals surface area contributed by atoms with Crippen molar-refractivity contribution in [2.24, 2.45) is 5.92 Å². The molecule has 1 aromatic heterocycles. The van der Waals surface area contributed by atoms with Gasteiger partial charge in [-0.05, 0) is 67.6 Å². The van der Waals surface area contributed by atoms with Crippen LogP contribution in [0.1, 0.15) is 60.5 Å². The van der Waals surface area contributed by atoms with Crippen LogP contribution in [0.3, 0.4) is 0 Å². The Kier molecular flexibility index (Phi) is 7.03. The van der Waals surface area contributed by atoms with E-state index >= 15 is 0 Å². The highest BCUT2D eigenvalue weighted by molar-refractivity contribution is 5.97. The molecule has 2 N–H and O–H groups in total. The van der Waals surface area contributed by atoms with E-state index in [1.54, 1.807) is 28.9 Å². The minimum Gasteiger partial charge on any atom is -0.353 e. The Bertz CT molecular complexity index is 1520. The smallest absolute Gasteiger partial charge is 0.254 e. The van der Waals surface area contributed by atoms with Gasteiger partial charge in [0.25, 0.3) is 5.91 Å². The number of hydrogen-bond donors (Lipinski definition) is 2. The van der Waals surface area contributed by atoms with Gasteiger partial charge in [0.2, 0.25) is 11.8 Å². The van der Waals surface area contributed by atoms with Crippen LogP contribution in [0.4, 0.5) is 4.39 Å². The Labute approximate surface area is 237 Å². The van der Waals surface area contributed by atoms with E-state index < -0.39 is 5.54 Å². The van der Waals surface area contributed by atoms with Crippen molar-refractivity contribution in [2.45, 2.75) is 50.0 Å². The Morgan fingerprint density at radius 1 is 1.07 bits per heavy atom. The van der Waals surface area contributed by atoms with Crippen LogP contribution < -0.4 is 10.6 Å². The summed E-state index contributed by atoms with van der Waals surface area (Å²) in [5, 5.41) is 20.2. The number of piperazine rings is 1. The molecule has 3 aromatic rings. The summed E-state index contributed by atoms with van der Waals surface area (Å²) in [6, 6.07) is 15.5. The number of rotatable bonds is 6. The van der Waals surface area contributed by atoms with Crippen molar-refractivity contribution in [1.29, 1.82) is 5.26 Å². The molecule has 2 saturated carbocycles. The lowest BCUT2D eigenvalue weighted by atomic mass is 9.75. The summed E-state index contributed by atoms with van der Waals surface area (Å²) in [6.45, 7) is 0.923. The molecule has 2 aliphatic carbocycles. The fourth-order valence-electron chi connectivity index (χ4n) is 5.89. The second kappa shape index (κ2) is 10.8. The summed E-state index contributed by atoms with van der Waals surface area (Å²) in [5.41, 5.74) is 2.86. The molecular formula is C31H31FN6O3. The standard InChI is InChI=1S/C31H31FN6O3/c32-22-9-11-23(12-10-22)38-17-26(20-5-7-21(8-6-20)30(41)37-16-15-34-27(39)18-37)28(36-38)24-3-1-2-4-25(24)29(40)35-31(19-33)13-14-31/h5-12,17,24-25H,1-4,13-16,18H2,(H,34,39)(H,35,40)/t24-,25-/m1/s1. The van der Waals surface area contributed by atoms with Crippen LogP contribution in [-0.4, -0.2) is 57.6 Å². The number of benzene rings is 2. The van der Waals surface area contributed by atoms with Crippen molar-refractivity contribution < 1.29 is 18.8 Å².